The largest absolute Gasteiger partial charge is 0.348 e. The maximum Gasteiger partial charge on any atom is 0.315 e. The number of carbonyl (C=O) groups is 2. The molecule has 0 saturated heterocycles. The number of nitrogens with one attached hydrogen (secondary N) is 2. The van der Waals surface area contributed by atoms with Gasteiger partial charge in [0.05, 0.1) is 5.69 Å². The van der Waals surface area contributed by atoms with Crippen LogP contribution in [0, 0.1) is 17.8 Å². The number of rotatable bonds is 8. The van der Waals surface area contributed by atoms with E-state index < -0.39 is 11.8 Å². The Labute approximate surface area is 177 Å². The molecule has 4 aliphatic carbocycles. The summed E-state index contributed by atoms with van der Waals surface area (Å²) in [4.78, 5) is 31.4. The van der Waals surface area contributed by atoms with E-state index in [0.29, 0.717) is 11.7 Å². The Balaban J connectivity index is 1.28. The zero-order valence-electron chi connectivity index (χ0n) is 17.7. The van der Waals surface area contributed by atoms with Crippen molar-refractivity contribution in [2.75, 3.05) is 31.5 Å². The van der Waals surface area contributed by atoms with Crippen molar-refractivity contribution in [1.29, 1.82) is 0 Å². The molecule has 6 nitrogen and oxygen atoms in total. The van der Waals surface area contributed by atoms with Crippen LogP contribution in [0.15, 0.2) is 5.38 Å². The maximum absolute atomic E-state index is 12.2. The molecular formula is C22H34N4O2S. The highest BCUT2D eigenvalue weighted by atomic mass is 32.1. The minimum absolute atomic E-state index is 0.223. The molecule has 0 aromatic carbocycles. The third-order valence-electron chi connectivity index (χ3n) is 7.34. The monoisotopic (exact) mass is 418 g/mol. The first kappa shape index (κ1) is 20.8. The highest BCUT2D eigenvalue weighted by Crippen LogP contribution is 2.60. The van der Waals surface area contributed by atoms with Crippen molar-refractivity contribution in [2.24, 2.45) is 17.8 Å². The number of amides is 2. The molecule has 4 saturated carbocycles. The van der Waals surface area contributed by atoms with Gasteiger partial charge in [-0.1, -0.05) is 13.8 Å². The lowest BCUT2D eigenvalue weighted by atomic mass is 9.49. The summed E-state index contributed by atoms with van der Waals surface area (Å²) >= 11 is 1.45. The maximum atomic E-state index is 12.2. The van der Waals surface area contributed by atoms with Gasteiger partial charge in [-0.3, -0.25) is 14.9 Å². The number of anilines is 1. The molecule has 29 heavy (non-hydrogen) atoms. The predicted molar refractivity (Wildman–Crippen MR) is 116 cm³/mol. The van der Waals surface area contributed by atoms with Crippen LogP contribution < -0.4 is 10.6 Å². The highest BCUT2D eigenvalue weighted by Gasteiger charge is 2.52. The molecule has 0 aliphatic heterocycles. The normalized spacial score (nSPS) is 30.0. The van der Waals surface area contributed by atoms with Gasteiger partial charge in [0.25, 0.3) is 0 Å². The van der Waals surface area contributed by atoms with Crippen molar-refractivity contribution in [2.45, 2.75) is 64.2 Å². The third-order valence-corrected chi connectivity index (χ3v) is 8.10. The van der Waals surface area contributed by atoms with E-state index in [2.05, 4.69) is 34.8 Å². The Morgan fingerprint density at radius 2 is 1.72 bits per heavy atom. The molecular weight excluding hydrogens is 384 g/mol. The van der Waals surface area contributed by atoms with Crippen LogP contribution in [-0.4, -0.2) is 47.9 Å². The second kappa shape index (κ2) is 8.72. The topological polar surface area (TPSA) is 74.3 Å². The standard InChI is InChI=1S/C22H34N4O2S/c1-3-26(4-2)7-5-6-23-19(27)20(28)25-21-24-18(14-29-21)22-11-15-8-16(12-22)10-17(9-15)13-22/h14-17H,3-13H2,1-2H3,(H,23,27)(H,24,25,28). The molecule has 0 radical (unpaired) electrons. The number of hydrogen-bond donors (Lipinski definition) is 2. The molecule has 1 heterocycles. The summed E-state index contributed by atoms with van der Waals surface area (Å²) in [5, 5.41) is 8.10. The molecule has 1 aromatic heterocycles. The van der Waals surface area contributed by atoms with E-state index in [4.69, 9.17) is 4.98 Å². The molecule has 160 valence electrons. The Morgan fingerprint density at radius 1 is 1.10 bits per heavy atom. The fraction of sp³-hybridized carbons (Fsp3) is 0.773. The van der Waals surface area contributed by atoms with E-state index >= 15 is 0 Å². The van der Waals surface area contributed by atoms with Crippen molar-refractivity contribution in [3.05, 3.63) is 11.1 Å². The van der Waals surface area contributed by atoms with Gasteiger partial charge in [-0.25, -0.2) is 4.98 Å². The first-order chi connectivity index (χ1) is 14.0. The molecule has 2 amide bonds. The van der Waals surface area contributed by atoms with E-state index in [0.717, 1.165) is 49.5 Å². The minimum Gasteiger partial charge on any atom is -0.348 e. The number of nitrogens with zero attached hydrogens (tertiary/aromatic N) is 2. The number of thiazole rings is 1. The summed E-state index contributed by atoms with van der Waals surface area (Å²) in [6, 6.07) is 0. The molecule has 0 spiro atoms. The van der Waals surface area contributed by atoms with Crippen LogP contribution in [0.3, 0.4) is 0 Å². The summed E-state index contributed by atoms with van der Waals surface area (Å²) in [5.41, 5.74) is 1.37. The lowest BCUT2D eigenvalue weighted by molar-refractivity contribution is -0.136. The summed E-state index contributed by atoms with van der Waals surface area (Å²) in [5.74, 6) is 1.41. The van der Waals surface area contributed by atoms with Crippen LogP contribution in [0.2, 0.25) is 0 Å². The van der Waals surface area contributed by atoms with E-state index in [1.807, 2.05) is 0 Å². The molecule has 0 unspecified atom stereocenters. The summed E-state index contributed by atoms with van der Waals surface area (Å²) in [6.07, 6.45) is 8.81. The predicted octanol–water partition coefficient (Wildman–Crippen LogP) is 3.40. The van der Waals surface area contributed by atoms with Crippen molar-refractivity contribution in [3.8, 4) is 0 Å². The first-order valence-corrected chi connectivity index (χ1v) is 12.2. The zero-order chi connectivity index (χ0) is 20.4. The van der Waals surface area contributed by atoms with Crippen LogP contribution in [-0.2, 0) is 15.0 Å². The average Bonchev–Trinajstić information content (AvgIpc) is 3.16. The van der Waals surface area contributed by atoms with Crippen LogP contribution in [0.4, 0.5) is 5.13 Å². The van der Waals surface area contributed by atoms with E-state index in [1.165, 1.54) is 49.9 Å². The quantitative estimate of drug-likeness (QED) is 0.501. The summed E-state index contributed by atoms with van der Waals surface area (Å²) < 4.78 is 0. The molecule has 4 aliphatic rings. The van der Waals surface area contributed by atoms with Crippen LogP contribution >= 0.6 is 11.3 Å². The fourth-order valence-corrected chi connectivity index (χ4v) is 7.11. The molecule has 5 rings (SSSR count). The third kappa shape index (κ3) is 4.50. The number of carbonyl (C=O) groups excluding carboxylic acids is 2. The van der Waals surface area contributed by atoms with Crippen LogP contribution in [0.25, 0.3) is 0 Å². The van der Waals surface area contributed by atoms with Gasteiger partial charge < -0.3 is 10.2 Å². The van der Waals surface area contributed by atoms with E-state index in [1.54, 1.807) is 0 Å². The summed E-state index contributed by atoms with van der Waals surface area (Å²) in [6.45, 7) is 7.69. The van der Waals surface area contributed by atoms with Crippen molar-refractivity contribution < 1.29 is 9.59 Å². The lowest BCUT2D eigenvalue weighted by Crippen LogP contribution is -2.48. The van der Waals surface area contributed by atoms with Gasteiger partial charge in [0.1, 0.15) is 0 Å². The van der Waals surface area contributed by atoms with Gasteiger partial charge in [0, 0.05) is 17.3 Å². The van der Waals surface area contributed by atoms with E-state index in [9.17, 15) is 9.59 Å². The Bertz CT molecular complexity index is 708. The fourth-order valence-electron chi connectivity index (χ4n) is 6.28. The van der Waals surface area contributed by atoms with Gasteiger partial charge in [0.2, 0.25) is 0 Å². The zero-order valence-corrected chi connectivity index (χ0v) is 18.5. The Kier molecular flexibility index (Phi) is 6.25. The Morgan fingerprint density at radius 3 is 2.31 bits per heavy atom. The lowest BCUT2D eigenvalue weighted by Gasteiger charge is -2.56. The van der Waals surface area contributed by atoms with Crippen molar-refractivity contribution >= 4 is 28.3 Å². The van der Waals surface area contributed by atoms with Gasteiger partial charge in [-0.15, -0.1) is 11.3 Å². The molecule has 2 N–H and O–H groups in total. The van der Waals surface area contributed by atoms with Crippen LogP contribution in [0.5, 0.6) is 0 Å². The molecule has 7 heteroatoms. The SMILES string of the molecule is CCN(CC)CCCNC(=O)C(=O)Nc1nc(C23CC4CC(CC(C4)C2)C3)cs1. The van der Waals surface area contributed by atoms with Gasteiger partial charge >= 0.3 is 11.8 Å². The molecule has 0 atom stereocenters. The van der Waals surface area contributed by atoms with Crippen LogP contribution in [0.1, 0.15) is 64.5 Å². The minimum atomic E-state index is -0.612. The second-order valence-electron chi connectivity index (χ2n) is 9.33. The molecule has 4 bridgehead atoms. The average molecular weight is 419 g/mol. The van der Waals surface area contributed by atoms with Crippen molar-refractivity contribution in [3.63, 3.8) is 0 Å². The van der Waals surface area contributed by atoms with Gasteiger partial charge in [0.15, 0.2) is 5.13 Å². The second-order valence-corrected chi connectivity index (χ2v) is 10.2. The Hall–Kier alpha value is -1.47. The first-order valence-electron chi connectivity index (χ1n) is 11.3. The highest BCUT2D eigenvalue weighted by molar-refractivity contribution is 7.14. The van der Waals surface area contributed by atoms with Gasteiger partial charge in [-0.05, 0) is 82.3 Å². The summed E-state index contributed by atoms with van der Waals surface area (Å²) in [7, 11) is 0. The number of hydrogen-bond acceptors (Lipinski definition) is 5. The van der Waals surface area contributed by atoms with E-state index in [-0.39, 0.29) is 5.41 Å². The molecule has 1 aromatic rings. The molecule has 4 fully saturated rings. The van der Waals surface area contributed by atoms with Crippen molar-refractivity contribution in [1.82, 2.24) is 15.2 Å². The van der Waals surface area contributed by atoms with Gasteiger partial charge in [-0.2, -0.15) is 0 Å². The smallest absolute Gasteiger partial charge is 0.315 e. The number of aromatic nitrogens is 1.